The van der Waals surface area contributed by atoms with Crippen LogP contribution >= 0.6 is 11.3 Å². The zero-order chi connectivity index (χ0) is 11.1. The molecule has 0 radical (unpaired) electrons. The average Bonchev–Trinajstić information content (AvgIpc) is 2.80. The molecular formula is C11H15N3OS. The van der Waals surface area contributed by atoms with E-state index >= 15 is 0 Å². The first-order valence-electron chi connectivity index (χ1n) is 5.71. The van der Waals surface area contributed by atoms with E-state index in [-0.39, 0.29) is 5.91 Å². The van der Waals surface area contributed by atoms with Gasteiger partial charge in [0.1, 0.15) is 5.69 Å². The molecule has 4 nitrogen and oxygen atoms in total. The van der Waals surface area contributed by atoms with E-state index in [0.29, 0.717) is 17.8 Å². The molecule has 0 spiro atoms. The van der Waals surface area contributed by atoms with Crippen molar-refractivity contribution in [2.24, 2.45) is 0 Å². The van der Waals surface area contributed by atoms with Crippen LogP contribution in [0.1, 0.15) is 28.2 Å². The molecule has 2 saturated heterocycles. The van der Waals surface area contributed by atoms with Crippen molar-refractivity contribution in [3.05, 3.63) is 16.1 Å². The van der Waals surface area contributed by atoms with Crippen molar-refractivity contribution >= 4 is 17.2 Å². The maximum Gasteiger partial charge on any atom is 0.274 e. The highest BCUT2D eigenvalue weighted by molar-refractivity contribution is 7.09. The van der Waals surface area contributed by atoms with Crippen LogP contribution in [0.15, 0.2) is 5.51 Å². The highest BCUT2D eigenvalue weighted by Gasteiger charge is 2.40. The van der Waals surface area contributed by atoms with Crippen LogP contribution in [0.25, 0.3) is 0 Å². The van der Waals surface area contributed by atoms with E-state index < -0.39 is 0 Å². The summed E-state index contributed by atoms with van der Waals surface area (Å²) >= 11 is 1.55. The molecule has 2 aliphatic heterocycles. The monoisotopic (exact) mass is 237 g/mol. The smallest absolute Gasteiger partial charge is 0.274 e. The highest BCUT2D eigenvalue weighted by atomic mass is 32.1. The Hall–Kier alpha value is -0.940. The first-order chi connectivity index (χ1) is 7.77. The van der Waals surface area contributed by atoms with Crippen LogP contribution < -0.4 is 5.32 Å². The van der Waals surface area contributed by atoms with Crippen molar-refractivity contribution in [2.75, 3.05) is 13.1 Å². The van der Waals surface area contributed by atoms with Gasteiger partial charge in [0, 0.05) is 30.1 Å². The summed E-state index contributed by atoms with van der Waals surface area (Å²) in [5.41, 5.74) is 2.41. The Morgan fingerprint density at radius 1 is 1.50 bits per heavy atom. The Bertz CT molecular complexity index is 401. The molecule has 16 heavy (non-hydrogen) atoms. The van der Waals surface area contributed by atoms with Gasteiger partial charge in [-0.05, 0) is 19.8 Å². The lowest BCUT2D eigenvalue weighted by molar-refractivity contribution is 0.0613. The fourth-order valence-corrected chi connectivity index (χ4v) is 3.31. The number of aryl methyl sites for hydroxylation is 1. The summed E-state index contributed by atoms with van der Waals surface area (Å²) in [7, 11) is 0. The van der Waals surface area contributed by atoms with Gasteiger partial charge in [-0.3, -0.25) is 4.79 Å². The number of rotatable bonds is 1. The number of nitrogens with zero attached hydrogens (tertiary/aromatic N) is 2. The van der Waals surface area contributed by atoms with Crippen LogP contribution in [0.3, 0.4) is 0 Å². The molecule has 0 aromatic carbocycles. The van der Waals surface area contributed by atoms with Crippen LogP contribution in [0, 0.1) is 6.92 Å². The van der Waals surface area contributed by atoms with Crippen molar-refractivity contribution in [2.45, 2.75) is 31.8 Å². The number of nitrogens with one attached hydrogen (secondary N) is 1. The summed E-state index contributed by atoms with van der Waals surface area (Å²) in [6.45, 7) is 3.84. The van der Waals surface area contributed by atoms with Crippen LogP contribution in [-0.4, -0.2) is 41.0 Å². The van der Waals surface area contributed by atoms with E-state index in [1.54, 1.807) is 16.8 Å². The molecule has 2 aliphatic rings. The number of piperazine rings is 1. The predicted octanol–water partition coefficient (Wildman–Crippen LogP) is 1.03. The van der Waals surface area contributed by atoms with Crippen molar-refractivity contribution in [1.29, 1.82) is 0 Å². The normalized spacial score (nSPS) is 28.4. The van der Waals surface area contributed by atoms with Gasteiger partial charge in [0.05, 0.1) is 5.51 Å². The summed E-state index contributed by atoms with van der Waals surface area (Å²) < 4.78 is 0. The number of carbonyl (C=O) groups excluding carboxylic acids is 1. The second-order valence-electron chi connectivity index (χ2n) is 4.51. The van der Waals surface area contributed by atoms with Gasteiger partial charge in [-0.1, -0.05) is 0 Å². The van der Waals surface area contributed by atoms with E-state index in [0.717, 1.165) is 30.8 Å². The molecule has 2 unspecified atom stereocenters. The molecule has 5 heteroatoms. The molecular weight excluding hydrogens is 222 g/mol. The molecule has 2 fully saturated rings. The third kappa shape index (κ3) is 1.46. The molecule has 86 valence electrons. The maximum absolute atomic E-state index is 12.4. The Labute approximate surface area is 98.7 Å². The Morgan fingerprint density at radius 3 is 2.75 bits per heavy atom. The minimum atomic E-state index is 0.132. The Kier molecular flexibility index (Phi) is 2.44. The average molecular weight is 237 g/mol. The van der Waals surface area contributed by atoms with E-state index in [1.807, 2.05) is 6.92 Å². The second kappa shape index (κ2) is 3.82. The molecule has 1 aromatic heterocycles. The van der Waals surface area contributed by atoms with Gasteiger partial charge in [0.2, 0.25) is 0 Å². The quantitative estimate of drug-likeness (QED) is 0.793. The van der Waals surface area contributed by atoms with Crippen molar-refractivity contribution in [1.82, 2.24) is 15.2 Å². The summed E-state index contributed by atoms with van der Waals surface area (Å²) in [6, 6.07) is 0.764. The van der Waals surface area contributed by atoms with E-state index in [2.05, 4.69) is 15.2 Å². The molecule has 2 atom stereocenters. The fourth-order valence-electron chi connectivity index (χ4n) is 2.74. The highest BCUT2D eigenvalue weighted by Crippen LogP contribution is 2.29. The number of aromatic nitrogens is 1. The van der Waals surface area contributed by atoms with Gasteiger partial charge in [0.25, 0.3) is 5.91 Å². The van der Waals surface area contributed by atoms with Gasteiger partial charge in [0.15, 0.2) is 0 Å². The molecule has 1 aromatic rings. The minimum absolute atomic E-state index is 0.132. The third-order valence-corrected chi connectivity index (χ3v) is 4.32. The molecule has 3 heterocycles. The first-order valence-corrected chi connectivity index (χ1v) is 6.59. The summed E-state index contributed by atoms with van der Waals surface area (Å²) in [5.74, 6) is 0.132. The Balaban J connectivity index is 1.88. The summed E-state index contributed by atoms with van der Waals surface area (Å²) in [6.07, 6.45) is 2.26. The van der Waals surface area contributed by atoms with E-state index in [4.69, 9.17) is 0 Å². The molecule has 3 rings (SSSR count). The zero-order valence-electron chi connectivity index (χ0n) is 9.27. The third-order valence-electron chi connectivity index (χ3n) is 3.56. The first kappa shape index (κ1) is 10.2. The van der Waals surface area contributed by atoms with Gasteiger partial charge >= 0.3 is 0 Å². The number of carbonyl (C=O) groups is 1. The van der Waals surface area contributed by atoms with Gasteiger partial charge < -0.3 is 10.2 Å². The number of fused-ring (bicyclic) bond motifs is 2. The molecule has 1 N–H and O–H groups in total. The van der Waals surface area contributed by atoms with Gasteiger partial charge in [-0.15, -0.1) is 11.3 Å². The number of amides is 1. The topological polar surface area (TPSA) is 45.2 Å². The largest absolute Gasteiger partial charge is 0.329 e. The zero-order valence-corrected chi connectivity index (χ0v) is 10.1. The van der Waals surface area contributed by atoms with Gasteiger partial charge in [-0.25, -0.2) is 4.98 Å². The predicted molar refractivity (Wildman–Crippen MR) is 62.7 cm³/mol. The second-order valence-corrected chi connectivity index (χ2v) is 5.57. The van der Waals surface area contributed by atoms with Crippen molar-refractivity contribution < 1.29 is 4.79 Å². The number of hydrogen-bond acceptors (Lipinski definition) is 4. The van der Waals surface area contributed by atoms with E-state index in [9.17, 15) is 4.79 Å². The Morgan fingerprint density at radius 2 is 2.19 bits per heavy atom. The van der Waals surface area contributed by atoms with E-state index in [1.165, 1.54) is 0 Å². The maximum atomic E-state index is 12.4. The van der Waals surface area contributed by atoms with Crippen molar-refractivity contribution in [3.8, 4) is 0 Å². The summed E-state index contributed by atoms with van der Waals surface area (Å²) in [4.78, 5) is 19.7. The van der Waals surface area contributed by atoms with Crippen LogP contribution in [0.5, 0.6) is 0 Å². The molecule has 0 aliphatic carbocycles. The van der Waals surface area contributed by atoms with Crippen LogP contribution in [0.4, 0.5) is 0 Å². The van der Waals surface area contributed by atoms with Crippen molar-refractivity contribution in [3.63, 3.8) is 0 Å². The SMILES string of the molecule is Cc1scnc1C(=O)N1C2CCC1CNC2. The lowest BCUT2D eigenvalue weighted by atomic mass is 10.2. The standard InChI is InChI=1S/C11H15N3OS/c1-7-10(13-6-16-7)11(15)14-8-2-3-9(14)5-12-4-8/h6,8-9,12H,2-5H2,1H3. The lowest BCUT2D eigenvalue weighted by Gasteiger charge is -2.35. The fraction of sp³-hybridized carbons (Fsp3) is 0.636. The summed E-state index contributed by atoms with van der Waals surface area (Å²) in [5, 5.41) is 3.38. The molecule has 1 amide bonds. The van der Waals surface area contributed by atoms with Crippen LogP contribution in [0.2, 0.25) is 0 Å². The molecule has 2 bridgehead atoms. The number of thiazole rings is 1. The van der Waals surface area contributed by atoms with Gasteiger partial charge in [-0.2, -0.15) is 0 Å². The van der Waals surface area contributed by atoms with Crippen LogP contribution in [-0.2, 0) is 0 Å². The number of hydrogen-bond donors (Lipinski definition) is 1. The lowest BCUT2D eigenvalue weighted by Crippen LogP contribution is -2.54. The molecule has 0 saturated carbocycles. The minimum Gasteiger partial charge on any atom is -0.329 e.